The highest BCUT2D eigenvalue weighted by atomic mass is 16.6. The number of carbonyl (C=O) groups is 3. The Morgan fingerprint density at radius 3 is 2.24 bits per heavy atom. The van der Waals surface area contributed by atoms with Gasteiger partial charge >= 0.3 is 11.9 Å². The molecule has 0 radical (unpaired) electrons. The van der Waals surface area contributed by atoms with E-state index in [1.807, 2.05) is 0 Å². The number of nitro groups is 1. The Bertz CT molecular complexity index is 936. The first-order valence-electron chi connectivity index (χ1n) is 8.42. The molecule has 1 heterocycles. The normalized spacial score (nSPS) is 16.2. The molecule has 1 aromatic carbocycles. The molecule has 5 N–H and O–H groups in total. The van der Waals surface area contributed by atoms with E-state index in [1.165, 1.54) is 24.3 Å². The molecule has 1 aliphatic rings. The number of esters is 2. The van der Waals surface area contributed by atoms with Gasteiger partial charge in [0.25, 0.3) is 11.6 Å². The predicted octanol–water partition coefficient (Wildman–Crippen LogP) is 0.318. The number of non-ortho nitro benzene ring substituents is 1. The SMILES string of the molecule is CC1=C(C(=O)OCN)[C@H](c2cccc([N+](=O)[O-])c2)C(C(=O)OCC(N)=O)=C(C)N1. The van der Waals surface area contributed by atoms with Crippen LogP contribution in [0.5, 0.6) is 0 Å². The second-order valence-corrected chi connectivity index (χ2v) is 6.13. The Hall–Kier alpha value is -3.73. The van der Waals surface area contributed by atoms with E-state index in [-0.39, 0.29) is 22.4 Å². The average molecular weight is 404 g/mol. The van der Waals surface area contributed by atoms with E-state index in [0.29, 0.717) is 11.4 Å². The van der Waals surface area contributed by atoms with Crippen LogP contribution in [0.3, 0.4) is 0 Å². The topological polar surface area (TPSA) is 177 Å². The molecule has 29 heavy (non-hydrogen) atoms. The Morgan fingerprint density at radius 1 is 1.14 bits per heavy atom. The lowest BCUT2D eigenvalue weighted by Crippen LogP contribution is -2.34. The zero-order valence-electron chi connectivity index (χ0n) is 15.8. The van der Waals surface area contributed by atoms with Crippen molar-refractivity contribution in [2.75, 3.05) is 13.3 Å². The third-order valence-corrected chi connectivity index (χ3v) is 4.17. The van der Waals surface area contributed by atoms with Crippen molar-refractivity contribution in [3.05, 3.63) is 62.5 Å². The fourth-order valence-corrected chi connectivity index (χ4v) is 3.05. The summed E-state index contributed by atoms with van der Waals surface area (Å²) in [7, 11) is 0. The van der Waals surface area contributed by atoms with Gasteiger partial charge in [-0.15, -0.1) is 0 Å². The van der Waals surface area contributed by atoms with E-state index in [1.54, 1.807) is 13.8 Å². The summed E-state index contributed by atoms with van der Waals surface area (Å²) in [6.07, 6.45) is 0. The molecule has 0 aromatic heterocycles. The summed E-state index contributed by atoms with van der Waals surface area (Å²) in [6.45, 7) is 2.09. The van der Waals surface area contributed by atoms with E-state index >= 15 is 0 Å². The molecular weight excluding hydrogens is 384 g/mol. The fourth-order valence-electron chi connectivity index (χ4n) is 3.05. The van der Waals surface area contributed by atoms with Gasteiger partial charge in [0.05, 0.1) is 22.0 Å². The summed E-state index contributed by atoms with van der Waals surface area (Å²) in [5.41, 5.74) is 11.1. The highest BCUT2D eigenvalue weighted by Gasteiger charge is 2.38. The van der Waals surface area contributed by atoms with Gasteiger partial charge in [-0.05, 0) is 19.4 Å². The van der Waals surface area contributed by atoms with Crippen molar-refractivity contribution in [2.45, 2.75) is 19.8 Å². The van der Waals surface area contributed by atoms with Crippen molar-refractivity contribution in [3.63, 3.8) is 0 Å². The molecule has 0 bridgehead atoms. The number of allylic oxidation sites excluding steroid dienone is 2. The largest absolute Gasteiger partial charge is 0.452 e. The van der Waals surface area contributed by atoms with Crippen LogP contribution in [0, 0.1) is 10.1 Å². The lowest BCUT2D eigenvalue weighted by Gasteiger charge is -2.30. The summed E-state index contributed by atoms with van der Waals surface area (Å²) in [6, 6.07) is 5.48. The number of primary amides is 1. The first-order valence-corrected chi connectivity index (χ1v) is 8.42. The molecular formula is C18H20N4O7. The molecule has 0 saturated heterocycles. The van der Waals surface area contributed by atoms with Crippen LogP contribution in [0.25, 0.3) is 0 Å². The van der Waals surface area contributed by atoms with Gasteiger partial charge in [0.2, 0.25) is 0 Å². The zero-order valence-corrected chi connectivity index (χ0v) is 15.8. The minimum absolute atomic E-state index is 0.0127. The highest BCUT2D eigenvalue weighted by molar-refractivity contribution is 6.00. The van der Waals surface area contributed by atoms with Gasteiger partial charge in [-0.2, -0.15) is 0 Å². The van der Waals surface area contributed by atoms with Crippen LogP contribution in [0.15, 0.2) is 46.8 Å². The maximum Gasteiger partial charge on any atom is 0.338 e. The number of dihydropyridines is 1. The Kier molecular flexibility index (Phi) is 6.67. The number of nitrogens with zero attached hydrogens (tertiary/aromatic N) is 1. The molecule has 154 valence electrons. The first kappa shape index (κ1) is 21.6. The molecule has 11 heteroatoms. The zero-order chi connectivity index (χ0) is 21.7. The monoisotopic (exact) mass is 404 g/mol. The smallest absolute Gasteiger partial charge is 0.338 e. The van der Waals surface area contributed by atoms with Crippen LogP contribution in [0.2, 0.25) is 0 Å². The number of nitrogens with two attached hydrogens (primary N) is 2. The molecule has 2 rings (SSSR count). The number of nitrogens with one attached hydrogen (secondary N) is 1. The molecule has 0 spiro atoms. The summed E-state index contributed by atoms with van der Waals surface area (Å²) in [4.78, 5) is 46.8. The van der Waals surface area contributed by atoms with E-state index in [4.69, 9.17) is 20.9 Å². The minimum atomic E-state index is -1.05. The Morgan fingerprint density at radius 2 is 1.72 bits per heavy atom. The van der Waals surface area contributed by atoms with E-state index in [9.17, 15) is 24.5 Å². The van der Waals surface area contributed by atoms with Gasteiger partial charge in [0.1, 0.15) is 6.73 Å². The van der Waals surface area contributed by atoms with Gasteiger partial charge in [-0.1, -0.05) is 12.1 Å². The van der Waals surface area contributed by atoms with Gasteiger partial charge in [-0.3, -0.25) is 20.6 Å². The molecule has 0 fully saturated rings. The van der Waals surface area contributed by atoms with Gasteiger partial charge in [0, 0.05) is 23.5 Å². The minimum Gasteiger partial charge on any atom is -0.452 e. The lowest BCUT2D eigenvalue weighted by atomic mass is 9.80. The number of carbonyl (C=O) groups excluding carboxylic acids is 3. The van der Waals surface area contributed by atoms with Crippen molar-refractivity contribution in [1.82, 2.24) is 5.32 Å². The number of nitro benzene ring substituents is 1. The number of benzene rings is 1. The number of amides is 1. The number of hydrogen-bond donors (Lipinski definition) is 3. The molecule has 0 aliphatic carbocycles. The third-order valence-electron chi connectivity index (χ3n) is 4.17. The standard InChI is InChI=1S/C18H20N4O7/c1-9-14(17(24)28-7-13(20)23)16(11-4-3-5-12(6-11)22(26)27)15(10(2)21-9)18(25)29-8-19/h3-6,16,21H,7-8,19H2,1-2H3,(H2,20,23)/t16-/m1/s1. The Labute approximate surface area is 165 Å². The van der Waals surface area contributed by atoms with Crippen LogP contribution in [-0.2, 0) is 23.9 Å². The van der Waals surface area contributed by atoms with Crippen LogP contribution < -0.4 is 16.8 Å². The number of ether oxygens (including phenoxy) is 2. The summed E-state index contributed by atoms with van der Waals surface area (Å²) in [5, 5.41) is 14.1. The maximum absolute atomic E-state index is 12.7. The molecule has 1 aliphatic heterocycles. The van der Waals surface area contributed by atoms with E-state index in [0.717, 1.165) is 0 Å². The van der Waals surface area contributed by atoms with Gasteiger partial charge in [0.15, 0.2) is 6.61 Å². The average Bonchev–Trinajstić information content (AvgIpc) is 2.65. The van der Waals surface area contributed by atoms with Crippen molar-refractivity contribution in [3.8, 4) is 0 Å². The van der Waals surface area contributed by atoms with Crippen LogP contribution in [0.1, 0.15) is 25.3 Å². The van der Waals surface area contributed by atoms with Crippen LogP contribution in [0.4, 0.5) is 5.69 Å². The van der Waals surface area contributed by atoms with Crippen molar-refractivity contribution in [2.24, 2.45) is 11.5 Å². The second-order valence-electron chi connectivity index (χ2n) is 6.13. The van der Waals surface area contributed by atoms with Gasteiger partial charge in [-0.25, -0.2) is 9.59 Å². The molecule has 1 aromatic rings. The summed E-state index contributed by atoms with van der Waals surface area (Å²) >= 11 is 0. The molecule has 1 atom stereocenters. The lowest BCUT2D eigenvalue weighted by molar-refractivity contribution is -0.384. The predicted molar refractivity (Wildman–Crippen MR) is 99.7 cm³/mol. The molecule has 0 saturated carbocycles. The van der Waals surface area contributed by atoms with Crippen molar-refractivity contribution < 1.29 is 28.8 Å². The number of rotatable bonds is 7. The number of hydrogen-bond acceptors (Lipinski definition) is 9. The molecule has 0 unspecified atom stereocenters. The molecule has 1 amide bonds. The molecule has 11 nitrogen and oxygen atoms in total. The van der Waals surface area contributed by atoms with Crippen molar-refractivity contribution >= 4 is 23.5 Å². The second kappa shape index (κ2) is 8.97. The summed E-state index contributed by atoms with van der Waals surface area (Å²) < 4.78 is 9.82. The van der Waals surface area contributed by atoms with Crippen LogP contribution in [-0.4, -0.2) is 36.1 Å². The Balaban J connectivity index is 2.64. The fraction of sp³-hybridized carbons (Fsp3) is 0.278. The summed E-state index contributed by atoms with van der Waals surface area (Å²) in [5.74, 6) is -3.62. The highest BCUT2D eigenvalue weighted by Crippen LogP contribution is 2.40. The van der Waals surface area contributed by atoms with E-state index < -0.39 is 42.0 Å². The third kappa shape index (κ3) is 4.76. The quantitative estimate of drug-likeness (QED) is 0.250. The first-order chi connectivity index (χ1) is 13.7. The van der Waals surface area contributed by atoms with E-state index in [2.05, 4.69) is 5.32 Å². The maximum atomic E-state index is 12.7. The van der Waals surface area contributed by atoms with Crippen molar-refractivity contribution in [1.29, 1.82) is 0 Å². The van der Waals surface area contributed by atoms with Gasteiger partial charge < -0.3 is 20.5 Å². The van der Waals surface area contributed by atoms with Crippen LogP contribution >= 0.6 is 0 Å².